The number of fused-ring (bicyclic) bond motifs is 1. The summed E-state index contributed by atoms with van der Waals surface area (Å²) in [6, 6.07) is 11.4. The van der Waals surface area contributed by atoms with Gasteiger partial charge in [0.25, 0.3) is 0 Å². The van der Waals surface area contributed by atoms with Crippen LogP contribution in [0.3, 0.4) is 0 Å². The van der Waals surface area contributed by atoms with E-state index in [0.29, 0.717) is 25.1 Å². The summed E-state index contributed by atoms with van der Waals surface area (Å²) in [4.78, 5) is 13.5. The molecule has 1 aliphatic heterocycles. The highest BCUT2D eigenvalue weighted by atomic mass is 19.1. The number of halogens is 2. The summed E-state index contributed by atoms with van der Waals surface area (Å²) < 4.78 is 27.6. The molecular weight excluding hydrogens is 274 g/mol. The molecule has 0 saturated carbocycles. The third-order valence-electron chi connectivity index (χ3n) is 3.44. The summed E-state index contributed by atoms with van der Waals surface area (Å²) >= 11 is 0. The summed E-state index contributed by atoms with van der Waals surface area (Å²) in [5.74, 6) is -1.68. The largest absolute Gasteiger partial charge is 0.340 e. The van der Waals surface area contributed by atoms with E-state index in [1.165, 1.54) is 6.07 Å². The first-order valence-corrected chi connectivity index (χ1v) is 6.76. The van der Waals surface area contributed by atoms with Crippen molar-refractivity contribution in [3.05, 3.63) is 54.1 Å². The van der Waals surface area contributed by atoms with Gasteiger partial charge in [-0.1, -0.05) is 18.2 Å². The van der Waals surface area contributed by atoms with Crippen molar-refractivity contribution in [1.29, 1.82) is 0 Å². The molecule has 21 heavy (non-hydrogen) atoms. The minimum atomic E-state index is -0.763. The number of anilines is 3. The maximum absolute atomic E-state index is 14.0. The van der Waals surface area contributed by atoms with Gasteiger partial charge in [0.05, 0.1) is 5.69 Å². The van der Waals surface area contributed by atoms with Gasteiger partial charge in [-0.3, -0.25) is 4.79 Å². The maximum atomic E-state index is 14.0. The molecule has 108 valence electrons. The molecule has 0 aromatic heterocycles. The van der Waals surface area contributed by atoms with Crippen LogP contribution >= 0.6 is 0 Å². The van der Waals surface area contributed by atoms with Gasteiger partial charge in [-0.25, -0.2) is 8.78 Å². The second-order valence-corrected chi connectivity index (χ2v) is 4.92. The van der Waals surface area contributed by atoms with Crippen LogP contribution in [0, 0.1) is 11.6 Å². The van der Waals surface area contributed by atoms with E-state index in [4.69, 9.17) is 0 Å². The van der Waals surface area contributed by atoms with E-state index >= 15 is 0 Å². The molecule has 3 rings (SSSR count). The Kier molecular flexibility index (Phi) is 3.56. The summed E-state index contributed by atoms with van der Waals surface area (Å²) in [6.45, 7) is 0.521. The highest BCUT2D eigenvalue weighted by Gasteiger charge is 2.22. The predicted molar refractivity (Wildman–Crippen MR) is 77.7 cm³/mol. The number of rotatable bonds is 1. The van der Waals surface area contributed by atoms with Crippen LogP contribution in [-0.2, 0) is 4.79 Å². The first-order chi connectivity index (χ1) is 10.1. The van der Waals surface area contributed by atoms with Crippen molar-refractivity contribution in [3.8, 4) is 0 Å². The number of benzene rings is 2. The lowest BCUT2D eigenvalue weighted by atomic mass is 10.1. The van der Waals surface area contributed by atoms with Gasteiger partial charge in [0, 0.05) is 24.7 Å². The lowest BCUT2D eigenvalue weighted by molar-refractivity contribution is -0.116. The first kappa shape index (κ1) is 13.5. The molecule has 1 aliphatic rings. The Morgan fingerprint density at radius 3 is 2.62 bits per heavy atom. The Hall–Kier alpha value is -2.43. The van der Waals surface area contributed by atoms with E-state index in [9.17, 15) is 13.6 Å². The van der Waals surface area contributed by atoms with Crippen molar-refractivity contribution in [1.82, 2.24) is 0 Å². The normalized spacial score (nSPS) is 15.0. The summed E-state index contributed by atoms with van der Waals surface area (Å²) in [5, 5.41) is 2.54. The van der Waals surface area contributed by atoms with Crippen LogP contribution in [0.15, 0.2) is 42.5 Å². The molecule has 0 saturated heterocycles. The van der Waals surface area contributed by atoms with Crippen molar-refractivity contribution in [2.75, 3.05) is 16.8 Å². The van der Waals surface area contributed by atoms with Crippen molar-refractivity contribution < 1.29 is 13.6 Å². The minimum Gasteiger partial charge on any atom is -0.340 e. The Morgan fingerprint density at radius 1 is 1.10 bits per heavy atom. The average Bonchev–Trinajstić information content (AvgIpc) is 2.45. The zero-order valence-electron chi connectivity index (χ0n) is 11.3. The molecule has 0 unspecified atom stereocenters. The number of amides is 1. The van der Waals surface area contributed by atoms with Gasteiger partial charge >= 0.3 is 0 Å². The van der Waals surface area contributed by atoms with Gasteiger partial charge < -0.3 is 10.2 Å². The number of nitrogens with zero attached hydrogens (tertiary/aromatic N) is 1. The summed E-state index contributed by atoms with van der Waals surface area (Å²) in [7, 11) is 0. The lowest BCUT2D eigenvalue weighted by Gasteiger charge is -2.29. The van der Waals surface area contributed by atoms with E-state index in [1.807, 2.05) is 35.2 Å². The number of hydrogen-bond acceptors (Lipinski definition) is 2. The SMILES string of the molecule is O=C1CCCN(c2ccccc2)c2cc(F)cc(F)c2N1. The highest BCUT2D eigenvalue weighted by molar-refractivity contribution is 5.96. The predicted octanol–water partition coefficient (Wildman–Crippen LogP) is 3.84. The minimum absolute atomic E-state index is 0.0324. The number of carbonyl (C=O) groups is 1. The number of carbonyl (C=O) groups excluding carboxylic acids is 1. The van der Waals surface area contributed by atoms with Gasteiger partial charge in [-0.15, -0.1) is 0 Å². The van der Waals surface area contributed by atoms with Crippen LogP contribution in [0.25, 0.3) is 0 Å². The van der Waals surface area contributed by atoms with Gasteiger partial charge in [0.2, 0.25) is 5.91 Å². The number of nitrogens with one attached hydrogen (secondary N) is 1. The standard InChI is InChI=1S/C16H14F2N2O/c17-11-9-13(18)16-14(10-11)20(8-4-7-15(21)19-16)12-5-2-1-3-6-12/h1-3,5-6,9-10H,4,7-8H2,(H,19,21). The number of hydrogen-bond donors (Lipinski definition) is 1. The van der Waals surface area contributed by atoms with Crippen LogP contribution in [0.4, 0.5) is 25.8 Å². The quantitative estimate of drug-likeness (QED) is 0.864. The zero-order valence-corrected chi connectivity index (χ0v) is 11.3. The van der Waals surface area contributed by atoms with E-state index in [-0.39, 0.29) is 11.6 Å². The summed E-state index contributed by atoms with van der Waals surface area (Å²) in [6.07, 6.45) is 0.915. The van der Waals surface area contributed by atoms with Crippen LogP contribution in [-0.4, -0.2) is 12.5 Å². The fourth-order valence-electron chi connectivity index (χ4n) is 2.49. The smallest absolute Gasteiger partial charge is 0.224 e. The third-order valence-corrected chi connectivity index (χ3v) is 3.44. The molecule has 5 heteroatoms. The average molecular weight is 288 g/mol. The topological polar surface area (TPSA) is 32.3 Å². The molecule has 3 nitrogen and oxygen atoms in total. The van der Waals surface area contributed by atoms with Crippen molar-refractivity contribution in [2.45, 2.75) is 12.8 Å². The molecule has 1 heterocycles. The molecule has 0 atom stereocenters. The van der Waals surface area contributed by atoms with Crippen LogP contribution in [0.1, 0.15) is 12.8 Å². The van der Waals surface area contributed by atoms with Crippen LogP contribution in [0.2, 0.25) is 0 Å². The molecule has 0 bridgehead atoms. The van der Waals surface area contributed by atoms with Gasteiger partial charge in [0.15, 0.2) is 5.82 Å². The van der Waals surface area contributed by atoms with E-state index in [2.05, 4.69) is 5.32 Å². The second-order valence-electron chi connectivity index (χ2n) is 4.92. The Morgan fingerprint density at radius 2 is 1.86 bits per heavy atom. The number of para-hydroxylation sites is 1. The molecule has 1 amide bonds. The molecule has 1 N–H and O–H groups in total. The fraction of sp³-hybridized carbons (Fsp3) is 0.188. The molecule has 0 radical (unpaired) electrons. The van der Waals surface area contributed by atoms with E-state index in [1.54, 1.807) is 0 Å². The van der Waals surface area contributed by atoms with Crippen LogP contribution < -0.4 is 10.2 Å². The fourth-order valence-corrected chi connectivity index (χ4v) is 2.49. The van der Waals surface area contributed by atoms with Gasteiger partial charge in [-0.05, 0) is 24.6 Å². The maximum Gasteiger partial charge on any atom is 0.224 e. The molecule has 2 aromatic carbocycles. The van der Waals surface area contributed by atoms with Crippen molar-refractivity contribution in [2.24, 2.45) is 0 Å². The third kappa shape index (κ3) is 2.72. The van der Waals surface area contributed by atoms with Crippen molar-refractivity contribution in [3.63, 3.8) is 0 Å². The Balaban J connectivity index is 2.15. The highest BCUT2D eigenvalue weighted by Crippen LogP contribution is 2.36. The monoisotopic (exact) mass is 288 g/mol. The summed E-state index contributed by atoms with van der Waals surface area (Å²) in [5.41, 5.74) is 1.21. The Bertz CT molecular complexity index is 673. The molecule has 2 aromatic rings. The molecular formula is C16H14F2N2O. The lowest BCUT2D eigenvalue weighted by Crippen LogP contribution is -2.26. The van der Waals surface area contributed by atoms with E-state index in [0.717, 1.165) is 11.8 Å². The molecule has 0 spiro atoms. The zero-order chi connectivity index (χ0) is 14.8. The first-order valence-electron chi connectivity index (χ1n) is 6.76. The van der Waals surface area contributed by atoms with Gasteiger partial charge in [0.1, 0.15) is 11.5 Å². The van der Waals surface area contributed by atoms with Gasteiger partial charge in [-0.2, -0.15) is 0 Å². The molecule has 0 fully saturated rings. The van der Waals surface area contributed by atoms with Crippen LogP contribution in [0.5, 0.6) is 0 Å². The Labute approximate surface area is 121 Å². The van der Waals surface area contributed by atoms with E-state index < -0.39 is 11.6 Å². The van der Waals surface area contributed by atoms with Crippen molar-refractivity contribution >= 4 is 23.0 Å². The molecule has 0 aliphatic carbocycles. The second kappa shape index (κ2) is 5.52.